The molecular formula is C38H62N10O14. The van der Waals surface area contributed by atoms with Crippen molar-refractivity contribution >= 4 is 70.3 Å². The Balaban J connectivity index is 0. The van der Waals surface area contributed by atoms with Crippen molar-refractivity contribution < 1.29 is 69.0 Å². The first-order valence-electron chi connectivity index (χ1n) is 19.1. The summed E-state index contributed by atoms with van der Waals surface area (Å²) < 4.78 is 0. The van der Waals surface area contributed by atoms with Crippen LogP contribution in [0.3, 0.4) is 0 Å². The molecule has 0 fully saturated rings. The maximum absolute atomic E-state index is 11.7. The number of carbonyl (C=O) groups excluding carboxylic acids is 4. The lowest BCUT2D eigenvalue weighted by Gasteiger charge is -2.22. The lowest BCUT2D eigenvalue weighted by molar-refractivity contribution is -0.139. The van der Waals surface area contributed by atoms with Gasteiger partial charge in [-0.05, 0) is 75.2 Å². The number of nitrogens with zero attached hydrogens (tertiary/aromatic N) is 2. The van der Waals surface area contributed by atoms with Crippen LogP contribution >= 0.6 is 0 Å². The van der Waals surface area contributed by atoms with Crippen LogP contribution in [-0.4, -0.2) is 156 Å². The minimum absolute atomic E-state index is 0.0437. The smallest absolute Gasteiger partial charge is 0.322 e. The fourth-order valence-corrected chi connectivity index (χ4v) is 4.42. The second-order valence-corrected chi connectivity index (χ2v) is 12.6. The van der Waals surface area contributed by atoms with E-state index in [1.165, 1.54) is 0 Å². The highest BCUT2D eigenvalue weighted by Gasteiger charge is 2.15. The molecule has 0 radical (unpaired) electrons. The molecule has 0 bridgehead atoms. The number of amides is 4. The number of aliphatic hydroxyl groups excluding tert-OH is 2. The number of benzene rings is 2. The van der Waals surface area contributed by atoms with E-state index in [0.717, 1.165) is 30.2 Å². The van der Waals surface area contributed by atoms with Crippen LogP contribution in [0.1, 0.15) is 39.5 Å². The third kappa shape index (κ3) is 29.6. The predicted molar refractivity (Wildman–Crippen MR) is 229 cm³/mol. The van der Waals surface area contributed by atoms with Crippen LogP contribution in [0, 0.1) is 0 Å². The Morgan fingerprint density at radius 1 is 0.581 bits per heavy atom. The molecule has 24 nitrogen and oxygen atoms in total. The molecule has 0 aromatic heterocycles. The number of aliphatic carboxylic acids is 4. The van der Waals surface area contributed by atoms with Gasteiger partial charge in [-0.1, -0.05) is 0 Å². The molecule has 0 heterocycles. The van der Waals surface area contributed by atoms with E-state index < -0.39 is 60.2 Å². The molecule has 2 aromatic rings. The second kappa shape index (κ2) is 34.1. The summed E-state index contributed by atoms with van der Waals surface area (Å²) in [5.41, 5.74) is 24.4. The maximum atomic E-state index is 11.7. The highest BCUT2D eigenvalue weighted by Crippen LogP contribution is 2.18. The Kier molecular flexibility index (Phi) is 31.7. The highest BCUT2D eigenvalue weighted by molar-refractivity contribution is 5.91. The van der Waals surface area contributed by atoms with E-state index in [4.69, 9.17) is 53.6 Å². The summed E-state index contributed by atoms with van der Waals surface area (Å²) in [7, 11) is 0. The summed E-state index contributed by atoms with van der Waals surface area (Å²) in [6.45, 7) is 5.77. The van der Waals surface area contributed by atoms with Crippen molar-refractivity contribution in [2.45, 2.75) is 51.6 Å². The van der Waals surface area contributed by atoms with Crippen molar-refractivity contribution in [1.82, 2.24) is 16.0 Å². The van der Waals surface area contributed by atoms with Crippen molar-refractivity contribution in [3.63, 3.8) is 0 Å². The number of nitrogen functional groups attached to an aromatic ring is 1. The van der Waals surface area contributed by atoms with Crippen molar-refractivity contribution in [3.8, 4) is 0 Å². The second-order valence-electron chi connectivity index (χ2n) is 12.6. The molecular weight excluding hydrogens is 820 g/mol. The molecule has 18 N–H and O–H groups in total. The molecule has 24 heteroatoms. The number of nitrogens with one attached hydrogen (secondary N) is 4. The van der Waals surface area contributed by atoms with E-state index in [2.05, 4.69) is 27.8 Å². The van der Waals surface area contributed by atoms with Gasteiger partial charge >= 0.3 is 23.9 Å². The zero-order valence-electron chi connectivity index (χ0n) is 34.8. The quantitative estimate of drug-likeness (QED) is 0.0479. The number of carboxylic acid groups (broad SMARTS) is 4. The summed E-state index contributed by atoms with van der Waals surface area (Å²) in [6.07, 6.45) is -0.0161. The summed E-state index contributed by atoms with van der Waals surface area (Å²) >= 11 is 0. The van der Waals surface area contributed by atoms with Gasteiger partial charge in [0.15, 0.2) is 0 Å². The van der Waals surface area contributed by atoms with Crippen LogP contribution in [-0.2, 0) is 38.4 Å². The zero-order chi connectivity index (χ0) is 47.6. The maximum Gasteiger partial charge on any atom is 0.322 e. The number of hydrogen-bond donors (Lipinski definition) is 14. The fourth-order valence-electron chi connectivity index (χ4n) is 4.42. The molecule has 0 aliphatic heterocycles. The minimum atomic E-state index is -1.21. The monoisotopic (exact) mass is 882 g/mol. The molecule has 0 aliphatic carbocycles. The van der Waals surface area contributed by atoms with E-state index >= 15 is 0 Å². The summed E-state index contributed by atoms with van der Waals surface area (Å²) in [5.74, 6) is -6.49. The fraction of sp³-hybridized carbons (Fsp3) is 0.474. The van der Waals surface area contributed by atoms with Gasteiger partial charge in [0, 0.05) is 61.8 Å². The minimum Gasteiger partial charge on any atom is -0.480 e. The molecule has 2 atom stereocenters. The molecule has 0 saturated carbocycles. The molecule has 2 rings (SSSR count). The Labute approximate surface area is 358 Å². The lowest BCUT2D eigenvalue weighted by Crippen LogP contribution is -2.39. The Morgan fingerprint density at radius 2 is 0.968 bits per heavy atom. The van der Waals surface area contributed by atoms with Gasteiger partial charge in [-0.3, -0.25) is 38.4 Å². The highest BCUT2D eigenvalue weighted by atomic mass is 16.4. The van der Waals surface area contributed by atoms with E-state index in [0.29, 0.717) is 18.8 Å². The SMILES string of the molecule is CCN(CCO)c1ccc(N)cc1.CCN(CCO)c1ccc(NC(=O)CCC(N)C(=O)O)cc1.NC(CCC(=O)NCC(=O)NCC(=O)O)C(=O)O.NCC(=O)NCC(=O)O. The van der Waals surface area contributed by atoms with Crippen molar-refractivity contribution in [1.29, 1.82) is 0 Å². The topological polar surface area (TPSA) is 417 Å². The van der Waals surface area contributed by atoms with E-state index in [1.807, 2.05) is 53.5 Å². The van der Waals surface area contributed by atoms with Crippen LogP contribution < -0.4 is 54.0 Å². The average molecular weight is 883 g/mol. The van der Waals surface area contributed by atoms with Crippen LogP contribution in [0.4, 0.5) is 22.7 Å². The third-order valence-corrected chi connectivity index (χ3v) is 7.78. The first kappa shape index (κ1) is 57.5. The predicted octanol–water partition coefficient (Wildman–Crippen LogP) is -2.64. The van der Waals surface area contributed by atoms with Crippen molar-refractivity contribution in [2.24, 2.45) is 17.2 Å². The van der Waals surface area contributed by atoms with E-state index in [-0.39, 0.29) is 64.4 Å². The lowest BCUT2D eigenvalue weighted by atomic mass is 10.1. The van der Waals surface area contributed by atoms with Crippen LogP contribution in [0.2, 0.25) is 0 Å². The number of carboxylic acids is 4. The number of likely N-dealkylation sites (N-methyl/N-ethyl adjacent to an activating group) is 2. The van der Waals surface area contributed by atoms with Crippen LogP contribution in [0.15, 0.2) is 48.5 Å². The molecule has 0 aliphatic rings. The number of anilines is 4. The standard InChI is InChI=1S/C15H23N3O4.C10H16N2O.C9H15N3O6.C4H8N2O3/c1-2-18(9-10-19)12-5-3-11(4-6-12)17-14(20)8-7-13(16)15(21)22;1-2-12(7-8-13)10-5-3-9(11)4-6-10;10-5(9(17)18)1-2-6(13)11-3-7(14)12-4-8(15)16;5-1-3(7)6-2-4(8)9/h3-6,13,19H,2,7-10,16H2,1H3,(H,17,20)(H,21,22);3-6,13H,2,7-8,11H2,1H3;5H,1-4,10H2,(H,11,13)(H,12,14)(H,15,16)(H,17,18);1-2,5H2,(H,6,7)(H,8,9). The average Bonchev–Trinajstić information content (AvgIpc) is 3.24. The molecule has 0 spiro atoms. The number of hydrogen-bond acceptors (Lipinski definition) is 16. The number of aliphatic hydroxyl groups is 2. The first-order chi connectivity index (χ1) is 29.2. The van der Waals surface area contributed by atoms with Gasteiger partial charge in [0.05, 0.1) is 26.3 Å². The summed E-state index contributed by atoms with van der Waals surface area (Å²) in [5, 5.41) is 60.2. The van der Waals surface area contributed by atoms with Gasteiger partial charge in [0.1, 0.15) is 25.2 Å². The van der Waals surface area contributed by atoms with E-state index in [1.54, 1.807) is 12.1 Å². The summed E-state index contributed by atoms with van der Waals surface area (Å²) in [4.78, 5) is 89.0. The molecule has 2 aromatic carbocycles. The van der Waals surface area contributed by atoms with Crippen molar-refractivity contribution in [2.75, 3.05) is 86.4 Å². The van der Waals surface area contributed by atoms with Crippen molar-refractivity contribution in [3.05, 3.63) is 48.5 Å². The largest absolute Gasteiger partial charge is 0.480 e. The number of nitrogens with two attached hydrogens (primary N) is 4. The van der Waals surface area contributed by atoms with Gasteiger partial charge in [-0.15, -0.1) is 0 Å². The normalized spacial score (nSPS) is 10.8. The van der Waals surface area contributed by atoms with Gasteiger partial charge in [-0.2, -0.15) is 0 Å². The van der Waals surface area contributed by atoms with Gasteiger partial charge in [0.25, 0.3) is 0 Å². The Morgan fingerprint density at radius 3 is 1.34 bits per heavy atom. The Bertz CT molecular complexity index is 1670. The van der Waals surface area contributed by atoms with Crippen LogP contribution in [0.25, 0.3) is 0 Å². The molecule has 2 unspecified atom stereocenters. The Hall–Kier alpha value is -6.60. The van der Waals surface area contributed by atoms with Gasteiger partial charge < -0.3 is 84.6 Å². The van der Waals surface area contributed by atoms with E-state index in [9.17, 15) is 38.4 Å². The molecule has 62 heavy (non-hydrogen) atoms. The van der Waals surface area contributed by atoms with Gasteiger partial charge in [0.2, 0.25) is 23.6 Å². The first-order valence-corrected chi connectivity index (χ1v) is 19.1. The van der Waals surface area contributed by atoms with Crippen LogP contribution in [0.5, 0.6) is 0 Å². The third-order valence-electron chi connectivity index (χ3n) is 7.78. The number of rotatable bonds is 24. The van der Waals surface area contributed by atoms with Gasteiger partial charge in [-0.25, -0.2) is 0 Å². The molecule has 348 valence electrons. The zero-order valence-corrected chi connectivity index (χ0v) is 34.8. The molecule has 0 saturated heterocycles. The molecule has 4 amide bonds. The number of carbonyl (C=O) groups is 8. The summed E-state index contributed by atoms with van der Waals surface area (Å²) in [6, 6.07) is 12.8.